The fourth-order valence-corrected chi connectivity index (χ4v) is 0.350. The molecule has 0 aliphatic heterocycles. The van der Waals surface area contributed by atoms with Crippen molar-refractivity contribution in [1.29, 1.82) is 0 Å². The van der Waals surface area contributed by atoms with Gasteiger partial charge in [0.2, 0.25) is 0 Å². The molecule has 0 bridgehead atoms. The molecule has 1 heterocycles. The molecule has 0 atom stereocenters. The summed E-state index contributed by atoms with van der Waals surface area (Å²) in [6.07, 6.45) is 8.03. The third-order valence-electron chi connectivity index (χ3n) is 0.644. The Hall–Kier alpha value is -1.16. The minimum atomic E-state index is 0.472. The molecule has 1 aromatic heterocycles. The first-order valence-corrected chi connectivity index (χ1v) is 1.90. The lowest BCUT2D eigenvalue weighted by molar-refractivity contribution is 0.554. The molecule has 1 rings (SSSR count). The Kier molecular flexibility index (Phi) is 0.874. The highest BCUT2D eigenvalue weighted by Crippen LogP contribution is 1.94. The molecule has 0 fully saturated rings. The lowest BCUT2D eigenvalue weighted by atomic mass is 10.5. The van der Waals surface area contributed by atoms with Crippen molar-refractivity contribution in [1.82, 2.24) is 0 Å². The molecule has 0 saturated heterocycles. The first-order chi connectivity index (χ1) is 3.43. The lowest BCUT2D eigenvalue weighted by Gasteiger charge is -1.68. The van der Waals surface area contributed by atoms with Gasteiger partial charge in [0.05, 0.1) is 6.26 Å². The molecule has 1 radical (unpaired) electrons. The van der Waals surface area contributed by atoms with E-state index in [9.17, 15) is 0 Å². The van der Waals surface area contributed by atoms with Crippen LogP contribution >= 0.6 is 0 Å². The van der Waals surface area contributed by atoms with Gasteiger partial charge in [0.1, 0.15) is 0 Å². The van der Waals surface area contributed by atoms with Crippen molar-refractivity contribution in [2.24, 2.45) is 0 Å². The fourth-order valence-electron chi connectivity index (χ4n) is 0.350. The van der Waals surface area contributed by atoms with E-state index in [-0.39, 0.29) is 0 Å². The van der Waals surface area contributed by atoms with Crippen molar-refractivity contribution < 1.29 is 4.42 Å². The molecule has 0 aliphatic carbocycles. The maximum atomic E-state index is 6.52. The summed E-state index contributed by atoms with van der Waals surface area (Å²) in [4.78, 5) is 0. The van der Waals surface area contributed by atoms with Gasteiger partial charge in [0.25, 0.3) is 0 Å². The second kappa shape index (κ2) is 1.53. The van der Waals surface area contributed by atoms with Gasteiger partial charge in [-0.05, 0) is 24.5 Å². The topological polar surface area (TPSA) is 13.1 Å². The number of hydrogen-bond acceptors (Lipinski definition) is 1. The Morgan fingerprint density at radius 1 is 1.71 bits per heavy atom. The van der Waals surface area contributed by atoms with E-state index >= 15 is 0 Å². The molecule has 33 valence electrons. The summed E-state index contributed by atoms with van der Waals surface area (Å²) in [6, 6.07) is 3.39. The van der Waals surface area contributed by atoms with E-state index in [0.717, 1.165) is 0 Å². The smallest absolute Gasteiger partial charge is 0.177 e. The van der Waals surface area contributed by atoms with Gasteiger partial charge in [-0.2, -0.15) is 0 Å². The van der Waals surface area contributed by atoms with Crippen LogP contribution in [0, 0.1) is 12.3 Å². The van der Waals surface area contributed by atoms with E-state index in [4.69, 9.17) is 6.42 Å². The van der Waals surface area contributed by atoms with Crippen LogP contribution in [0.1, 0.15) is 5.76 Å². The summed E-state index contributed by atoms with van der Waals surface area (Å²) in [5, 5.41) is 0. The highest BCUT2D eigenvalue weighted by atomic mass is 16.3. The molecule has 0 N–H and O–H groups in total. The van der Waals surface area contributed by atoms with Gasteiger partial charge in [-0.1, -0.05) is 0 Å². The molecular formula is C6H3O. The van der Waals surface area contributed by atoms with Crippen LogP contribution < -0.4 is 0 Å². The van der Waals surface area contributed by atoms with Gasteiger partial charge >= 0.3 is 0 Å². The van der Waals surface area contributed by atoms with Gasteiger partial charge in [0, 0.05) is 0 Å². The maximum absolute atomic E-state index is 6.52. The van der Waals surface area contributed by atoms with Crippen molar-refractivity contribution in [3.8, 4) is 5.92 Å². The van der Waals surface area contributed by atoms with E-state index in [0.29, 0.717) is 5.76 Å². The molecule has 1 nitrogen and oxygen atoms in total. The lowest BCUT2D eigenvalue weighted by Crippen LogP contribution is -1.54. The van der Waals surface area contributed by atoms with E-state index < -0.39 is 0 Å². The SMILES string of the molecule is [C]#Cc1ccco1. The van der Waals surface area contributed by atoms with Gasteiger partial charge in [-0.25, -0.2) is 0 Å². The maximum Gasteiger partial charge on any atom is 0.177 e. The molecule has 0 aromatic carbocycles. The summed E-state index contributed by atoms with van der Waals surface area (Å²) < 4.78 is 4.68. The molecule has 7 heavy (non-hydrogen) atoms. The predicted octanol–water partition coefficient (Wildman–Crippen LogP) is 1.22. The predicted molar refractivity (Wildman–Crippen MR) is 24.9 cm³/mol. The van der Waals surface area contributed by atoms with Crippen molar-refractivity contribution in [2.45, 2.75) is 0 Å². The molecular weight excluding hydrogens is 88.1 g/mol. The summed E-state index contributed by atoms with van der Waals surface area (Å²) >= 11 is 0. The first-order valence-electron chi connectivity index (χ1n) is 1.90. The van der Waals surface area contributed by atoms with Gasteiger partial charge in [0.15, 0.2) is 5.76 Å². The average molecular weight is 91.1 g/mol. The molecule has 0 unspecified atom stereocenters. The van der Waals surface area contributed by atoms with E-state index in [1.807, 2.05) is 0 Å². The van der Waals surface area contributed by atoms with Gasteiger partial charge in [-0.3, -0.25) is 0 Å². The van der Waals surface area contributed by atoms with Crippen LogP contribution in [-0.4, -0.2) is 0 Å². The normalized spacial score (nSPS) is 7.86. The molecule has 0 amide bonds. The second-order valence-electron chi connectivity index (χ2n) is 1.10. The Bertz CT molecular complexity index is 167. The van der Waals surface area contributed by atoms with Gasteiger partial charge in [-0.15, -0.1) is 0 Å². The average Bonchev–Trinajstić information content (AvgIpc) is 2.14. The van der Waals surface area contributed by atoms with Crippen LogP contribution in [0.15, 0.2) is 22.8 Å². The van der Waals surface area contributed by atoms with E-state index in [1.165, 1.54) is 6.26 Å². The molecule has 1 heteroatoms. The zero-order chi connectivity index (χ0) is 5.11. The minimum absolute atomic E-state index is 0.472. The van der Waals surface area contributed by atoms with Gasteiger partial charge < -0.3 is 4.42 Å². The zero-order valence-electron chi connectivity index (χ0n) is 3.64. The summed E-state index contributed by atoms with van der Waals surface area (Å²) in [5.41, 5.74) is 0. The molecule has 1 aromatic rings. The third-order valence-corrected chi connectivity index (χ3v) is 0.644. The molecule has 0 spiro atoms. The standard InChI is InChI=1S/C6H3O/c1-2-6-4-3-5-7-6/h3-5H. The van der Waals surface area contributed by atoms with Crippen LogP contribution in [0.4, 0.5) is 0 Å². The highest BCUT2D eigenvalue weighted by Gasteiger charge is 1.81. The largest absolute Gasteiger partial charge is 0.456 e. The Labute approximate surface area is 42.0 Å². The van der Waals surface area contributed by atoms with Crippen molar-refractivity contribution in [3.05, 3.63) is 30.6 Å². The zero-order valence-corrected chi connectivity index (χ0v) is 3.64. The van der Waals surface area contributed by atoms with Crippen molar-refractivity contribution >= 4 is 0 Å². The number of furan rings is 1. The van der Waals surface area contributed by atoms with Crippen LogP contribution in [-0.2, 0) is 0 Å². The van der Waals surface area contributed by atoms with Crippen LogP contribution in [0.5, 0.6) is 0 Å². The molecule has 0 saturated carbocycles. The second-order valence-corrected chi connectivity index (χ2v) is 1.10. The summed E-state index contributed by atoms with van der Waals surface area (Å²) in [5.74, 6) is 2.56. The highest BCUT2D eigenvalue weighted by molar-refractivity contribution is 5.16. The van der Waals surface area contributed by atoms with E-state index in [2.05, 4.69) is 10.3 Å². The van der Waals surface area contributed by atoms with Crippen molar-refractivity contribution in [3.63, 3.8) is 0 Å². The molecule has 0 aliphatic rings. The minimum Gasteiger partial charge on any atom is -0.456 e. The number of rotatable bonds is 0. The number of hydrogen-bond donors (Lipinski definition) is 0. The Balaban J connectivity index is 3.04. The van der Waals surface area contributed by atoms with E-state index in [1.54, 1.807) is 12.1 Å². The summed E-state index contributed by atoms with van der Waals surface area (Å²) in [7, 11) is 0. The van der Waals surface area contributed by atoms with Crippen LogP contribution in [0.2, 0.25) is 0 Å². The quantitative estimate of drug-likeness (QED) is 0.437. The summed E-state index contributed by atoms with van der Waals surface area (Å²) in [6.45, 7) is 0. The third kappa shape index (κ3) is 0.635. The Morgan fingerprint density at radius 3 is 2.86 bits per heavy atom. The monoisotopic (exact) mass is 91.0 g/mol. The van der Waals surface area contributed by atoms with Crippen molar-refractivity contribution in [2.75, 3.05) is 0 Å². The fraction of sp³-hybridized carbons (Fsp3) is 0. The first kappa shape index (κ1) is 4.01. The Morgan fingerprint density at radius 2 is 2.57 bits per heavy atom. The van der Waals surface area contributed by atoms with Crippen LogP contribution in [0.25, 0.3) is 0 Å². The van der Waals surface area contributed by atoms with Crippen LogP contribution in [0.3, 0.4) is 0 Å².